The first-order valence-corrected chi connectivity index (χ1v) is 6.11. The summed E-state index contributed by atoms with van der Waals surface area (Å²) in [7, 11) is 6.85. The Morgan fingerprint density at radius 2 is 1.86 bits per heavy atom. The van der Waals surface area contributed by atoms with Crippen LogP contribution in [0.3, 0.4) is 0 Å². The number of benzene rings is 1. The molecular formula is C14H16N2O5. The molecular weight excluding hydrogens is 276 g/mol. The van der Waals surface area contributed by atoms with E-state index in [0.717, 1.165) is 5.69 Å². The van der Waals surface area contributed by atoms with Crippen LogP contribution in [0.1, 0.15) is 10.5 Å². The highest BCUT2D eigenvalue weighted by atomic mass is 16.5. The molecule has 0 saturated heterocycles. The highest BCUT2D eigenvalue weighted by Crippen LogP contribution is 2.40. The fourth-order valence-corrected chi connectivity index (χ4v) is 1.93. The van der Waals surface area contributed by atoms with Gasteiger partial charge in [-0.15, -0.1) is 0 Å². The largest absolute Gasteiger partial charge is 0.496 e. The standard InChI is InChI=1S/C14H16N2O5/c1-16(2)10-7-11(19-3)8(5-13(10)20-4)12-6-9(14(17)18)15-21-12/h5-7H,1-4H3,(H,17,18). The van der Waals surface area contributed by atoms with E-state index in [-0.39, 0.29) is 5.69 Å². The van der Waals surface area contributed by atoms with Gasteiger partial charge in [-0.05, 0) is 6.07 Å². The van der Waals surface area contributed by atoms with Crippen molar-refractivity contribution in [3.8, 4) is 22.8 Å². The molecule has 0 aliphatic carbocycles. The number of nitrogens with zero attached hydrogens (tertiary/aromatic N) is 2. The summed E-state index contributed by atoms with van der Waals surface area (Å²) < 4.78 is 15.8. The third-order valence-corrected chi connectivity index (χ3v) is 2.98. The Morgan fingerprint density at radius 1 is 1.19 bits per heavy atom. The Morgan fingerprint density at radius 3 is 2.33 bits per heavy atom. The van der Waals surface area contributed by atoms with Gasteiger partial charge in [0.1, 0.15) is 11.5 Å². The number of aromatic nitrogens is 1. The van der Waals surface area contributed by atoms with Crippen LogP contribution in [0.25, 0.3) is 11.3 Å². The molecule has 0 spiro atoms. The van der Waals surface area contributed by atoms with Crippen LogP contribution in [0.5, 0.6) is 11.5 Å². The van der Waals surface area contributed by atoms with Crippen molar-refractivity contribution in [2.45, 2.75) is 0 Å². The number of hydrogen-bond acceptors (Lipinski definition) is 6. The number of methoxy groups -OCH3 is 2. The zero-order valence-corrected chi connectivity index (χ0v) is 12.2. The molecule has 0 fully saturated rings. The lowest BCUT2D eigenvalue weighted by Crippen LogP contribution is -2.10. The Bertz CT molecular complexity index is 663. The van der Waals surface area contributed by atoms with E-state index in [0.29, 0.717) is 22.8 Å². The van der Waals surface area contributed by atoms with Crippen LogP contribution in [-0.2, 0) is 0 Å². The zero-order chi connectivity index (χ0) is 15.6. The zero-order valence-electron chi connectivity index (χ0n) is 12.2. The monoisotopic (exact) mass is 292 g/mol. The van der Waals surface area contributed by atoms with E-state index in [1.807, 2.05) is 19.0 Å². The minimum atomic E-state index is -1.15. The van der Waals surface area contributed by atoms with Gasteiger partial charge in [-0.25, -0.2) is 4.79 Å². The SMILES string of the molecule is COc1cc(N(C)C)c(OC)cc1-c1cc(C(=O)O)no1. The first-order chi connectivity index (χ1) is 9.97. The van der Waals surface area contributed by atoms with Gasteiger partial charge in [0.05, 0.1) is 25.5 Å². The third kappa shape index (κ3) is 2.76. The van der Waals surface area contributed by atoms with Crippen LogP contribution in [0.2, 0.25) is 0 Å². The maximum absolute atomic E-state index is 10.9. The molecule has 1 aromatic carbocycles. The summed E-state index contributed by atoms with van der Waals surface area (Å²) in [5.74, 6) is 0.297. The van der Waals surface area contributed by atoms with Gasteiger partial charge < -0.3 is 24.0 Å². The van der Waals surface area contributed by atoms with Crippen LogP contribution in [0.4, 0.5) is 5.69 Å². The van der Waals surface area contributed by atoms with Gasteiger partial charge in [0.15, 0.2) is 11.5 Å². The van der Waals surface area contributed by atoms with Crippen molar-refractivity contribution in [3.63, 3.8) is 0 Å². The number of carboxylic acid groups (broad SMARTS) is 1. The first kappa shape index (κ1) is 14.7. The highest BCUT2D eigenvalue weighted by Gasteiger charge is 2.19. The maximum Gasteiger partial charge on any atom is 0.358 e. The summed E-state index contributed by atoms with van der Waals surface area (Å²) in [6.07, 6.45) is 0. The van der Waals surface area contributed by atoms with Crippen molar-refractivity contribution in [1.29, 1.82) is 0 Å². The molecule has 0 amide bonds. The van der Waals surface area contributed by atoms with E-state index in [2.05, 4.69) is 5.16 Å². The second kappa shape index (κ2) is 5.74. The lowest BCUT2D eigenvalue weighted by Gasteiger charge is -2.19. The average Bonchev–Trinajstić information content (AvgIpc) is 2.95. The van der Waals surface area contributed by atoms with E-state index >= 15 is 0 Å². The summed E-state index contributed by atoms with van der Waals surface area (Å²) in [5, 5.41) is 12.4. The lowest BCUT2D eigenvalue weighted by molar-refractivity contribution is 0.0686. The van der Waals surface area contributed by atoms with Gasteiger partial charge in [-0.1, -0.05) is 5.16 Å². The lowest BCUT2D eigenvalue weighted by atomic mass is 10.1. The number of anilines is 1. The fourth-order valence-electron chi connectivity index (χ4n) is 1.93. The van der Waals surface area contributed by atoms with Crippen molar-refractivity contribution < 1.29 is 23.9 Å². The molecule has 7 heteroatoms. The molecule has 1 N–H and O–H groups in total. The number of carbonyl (C=O) groups is 1. The van der Waals surface area contributed by atoms with Crippen molar-refractivity contribution in [3.05, 3.63) is 23.9 Å². The molecule has 0 radical (unpaired) electrons. The van der Waals surface area contributed by atoms with E-state index < -0.39 is 5.97 Å². The number of ether oxygens (including phenoxy) is 2. The van der Waals surface area contributed by atoms with Crippen molar-refractivity contribution >= 4 is 11.7 Å². The Kier molecular flexibility index (Phi) is 4.02. The highest BCUT2D eigenvalue weighted by molar-refractivity contribution is 5.87. The Balaban J connectivity index is 2.58. The minimum absolute atomic E-state index is 0.164. The summed E-state index contributed by atoms with van der Waals surface area (Å²) in [5.41, 5.74) is 1.23. The first-order valence-electron chi connectivity index (χ1n) is 6.11. The van der Waals surface area contributed by atoms with Gasteiger partial charge in [0.2, 0.25) is 0 Å². The van der Waals surface area contributed by atoms with E-state index in [4.69, 9.17) is 19.1 Å². The van der Waals surface area contributed by atoms with Crippen molar-refractivity contribution in [2.24, 2.45) is 0 Å². The molecule has 0 bridgehead atoms. The van der Waals surface area contributed by atoms with Gasteiger partial charge >= 0.3 is 5.97 Å². The molecule has 0 unspecified atom stereocenters. The molecule has 0 aliphatic heterocycles. The summed E-state index contributed by atoms with van der Waals surface area (Å²) in [6, 6.07) is 4.85. The van der Waals surface area contributed by atoms with Crippen LogP contribution >= 0.6 is 0 Å². The van der Waals surface area contributed by atoms with Crippen molar-refractivity contribution in [2.75, 3.05) is 33.2 Å². The normalized spacial score (nSPS) is 10.3. The molecule has 2 aromatic rings. The van der Waals surface area contributed by atoms with Crippen LogP contribution in [0.15, 0.2) is 22.7 Å². The second-order valence-corrected chi connectivity index (χ2v) is 4.50. The molecule has 2 rings (SSSR count). The van der Waals surface area contributed by atoms with E-state index in [1.165, 1.54) is 13.2 Å². The van der Waals surface area contributed by atoms with Crippen LogP contribution < -0.4 is 14.4 Å². The van der Waals surface area contributed by atoms with Gasteiger partial charge in [0.25, 0.3) is 0 Å². The summed E-state index contributed by atoms with van der Waals surface area (Å²) in [6.45, 7) is 0. The van der Waals surface area contributed by atoms with Crippen molar-refractivity contribution in [1.82, 2.24) is 5.16 Å². The quantitative estimate of drug-likeness (QED) is 0.903. The number of rotatable bonds is 5. The van der Waals surface area contributed by atoms with Gasteiger partial charge in [0, 0.05) is 26.2 Å². The average molecular weight is 292 g/mol. The molecule has 1 aromatic heterocycles. The second-order valence-electron chi connectivity index (χ2n) is 4.50. The maximum atomic E-state index is 10.9. The third-order valence-electron chi connectivity index (χ3n) is 2.98. The summed E-state index contributed by atoms with van der Waals surface area (Å²) >= 11 is 0. The predicted octanol–water partition coefficient (Wildman–Crippen LogP) is 2.12. The fraction of sp³-hybridized carbons (Fsp3) is 0.286. The summed E-state index contributed by atoms with van der Waals surface area (Å²) in [4.78, 5) is 12.8. The Labute approximate surface area is 121 Å². The number of aromatic carboxylic acids is 1. The predicted molar refractivity (Wildman–Crippen MR) is 76.3 cm³/mol. The van der Waals surface area contributed by atoms with Crippen LogP contribution in [-0.4, -0.2) is 44.5 Å². The molecule has 112 valence electrons. The van der Waals surface area contributed by atoms with Gasteiger partial charge in [-0.3, -0.25) is 0 Å². The van der Waals surface area contributed by atoms with E-state index in [1.54, 1.807) is 19.2 Å². The molecule has 0 aliphatic rings. The minimum Gasteiger partial charge on any atom is -0.496 e. The molecule has 1 heterocycles. The Hall–Kier alpha value is -2.70. The molecule has 0 saturated carbocycles. The number of hydrogen-bond donors (Lipinski definition) is 1. The molecule has 7 nitrogen and oxygen atoms in total. The number of carboxylic acids is 1. The molecule has 0 atom stereocenters. The topological polar surface area (TPSA) is 85.0 Å². The van der Waals surface area contributed by atoms with E-state index in [9.17, 15) is 4.79 Å². The smallest absolute Gasteiger partial charge is 0.358 e. The molecule has 21 heavy (non-hydrogen) atoms. The van der Waals surface area contributed by atoms with Crippen LogP contribution in [0, 0.1) is 0 Å². The van der Waals surface area contributed by atoms with Gasteiger partial charge in [-0.2, -0.15) is 0 Å².